The summed E-state index contributed by atoms with van der Waals surface area (Å²) in [5.74, 6) is 0.965. The van der Waals surface area contributed by atoms with Crippen molar-refractivity contribution in [3.63, 3.8) is 0 Å². The molecular formula is C32H31N5O. The van der Waals surface area contributed by atoms with Gasteiger partial charge in [0.1, 0.15) is 5.82 Å². The highest BCUT2D eigenvalue weighted by molar-refractivity contribution is 5.90. The van der Waals surface area contributed by atoms with Gasteiger partial charge in [-0.15, -0.1) is 0 Å². The summed E-state index contributed by atoms with van der Waals surface area (Å²) < 4.78 is 4.18. The molecular weight excluding hydrogens is 470 g/mol. The Morgan fingerprint density at radius 1 is 0.842 bits per heavy atom. The van der Waals surface area contributed by atoms with Crippen LogP contribution in [-0.4, -0.2) is 25.3 Å². The molecule has 3 aromatic carbocycles. The van der Waals surface area contributed by atoms with E-state index in [-0.39, 0.29) is 12.1 Å². The maximum Gasteiger partial charge on any atom is 0.322 e. The lowest BCUT2D eigenvalue weighted by Gasteiger charge is -2.31. The number of carbonyl (C=O) groups excluding carboxylic acids is 1. The maximum atomic E-state index is 14.1. The van der Waals surface area contributed by atoms with Crippen molar-refractivity contribution in [1.82, 2.24) is 19.2 Å². The molecule has 0 bridgehead atoms. The van der Waals surface area contributed by atoms with E-state index in [4.69, 9.17) is 5.10 Å². The van der Waals surface area contributed by atoms with Gasteiger partial charge in [-0.05, 0) is 80.8 Å². The van der Waals surface area contributed by atoms with E-state index in [1.54, 1.807) is 0 Å². The number of amides is 2. The molecule has 1 aliphatic heterocycles. The van der Waals surface area contributed by atoms with E-state index in [1.807, 2.05) is 66.8 Å². The molecule has 0 unspecified atom stereocenters. The number of hydrogen-bond acceptors (Lipinski definition) is 2. The molecule has 2 amide bonds. The molecule has 5 aromatic rings. The fourth-order valence-electron chi connectivity index (χ4n) is 5.49. The number of para-hydroxylation sites is 1. The van der Waals surface area contributed by atoms with Gasteiger partial charge in [0.05, 0.1) is 29.7 Å². The van der Waals surface area contributed by atoms with Crippen LogP contribution in [0.3, 0.4) is 0 Å². The van der Waals surface area contributed by atoms with Crippen LogP contribution in [0.1, 0.15) is 45.2 Å². The van der Waals surface area contributed by atoms with Crippen molar-refractivity contribution >= 4 is 11.7 Å². The van der Waals surface area contributed by atoms with Crippen LogP contribution in [0.4, 0.5) is 10.5 Å². The summed E-state index contributed by atoms with van der Waals surface area (Å²) in [4.78, 5) is 16.0. The number of benzene rings is 3. The average molecular weight is 502 g/mol. The minimum Gasteiger partial charge on any atom is -0.308 e. The van der Waals surface area contributed by atoms with Gasteiger partial charge < -0.3 is 14.8 Å². The molecule has 1 N–H and O–H groups in total. The van der Waals surface area contributed by atoms with Gasteiger partial charge in [-0.2, -0.15) is 5.10 Å². The second kappa shape index (κ2) is 9.38. The first kappa shape index (κ1) is 23.8. The van der Waals surface area contributed by atoms with E-state index in [9.17, 15) is 4.79 Å². The van der Waals surface area contributed by atoms with Crippen LogP contribution in [0.2, 0.25) is 0 Å². The van der Waals surface area contributed by atoms with Crippen molar-refractivity contribution in [1.29, 1.82) is 0 Å². The summed E-state index contributed by atoms with van der Waals surface area (Å²) in [6, 6.07) is 28.5. The molecule has 0 spiro atoms. The summed E-state index contributed by atoms with van der Waals surface area (Å²) in [6.45, 7) is 8.62. The second-order valence-corrected chi connectivity index (χ2v) is 10.2. The first-order chi connectivity index (χ1) is 18.4. The Labute approximate surface area is 223 Å². The Morgan fingerprint density at radius 2 is 1.55 bits per heavy atom. The molecule has 0 fully saturated rings. The van der Waals surface area contributed by atoms with Crippen LogP contribution in [-0.2, 0) is 6.54 Å². The third-order valence-corrected chi connectivity index (χ3v) is 7.21. The topological polar surface area (TPSA) is 55.1 Å². The number of urea groups is 1. The van der Waals surface area contributed by atoms with Gasteiger partial charge >= 0.3 is 6.03 Å². The summed E-state index contributed by atoms with van der Waals surface area (Å²) in [5.41, 5.74) is 9.19. The molecule has 0 saturated heterocycles. The van der Waals surface area contributed by atoms with Gasteiger partial charge in [0.2, 0.25) is 0 Å². The van der Waals surface area contributed by atoms with Crippen molar-refractivity contribution < 1.29 is 4.79 Å². The first-order valence-corrected chi connectivity index (χ1v) is 12.9. The number of nitrogens with one attached hydrogen (secondary N) is 1. The number of carbonyl (C=O) groups is 1. The Hall–Kier alpha value is -4.58. The minimum atomic E-state index is -0.285. The van der Waals surface area contributed by atoms with Gasteiger partial charge in [0, 0.05) is 17.4 Å². The zero-order valence-corrected chi connectivity index (χ0v) is 22.1. The second-order valence-electron chi connectivity index (χ2n) is 10.2. The molecule has 3 heterocycles. The lowest BCUT2D eigenvalue weighted by atomic mass is 10.0. The summed E-state index contributed by atoms with van der Waals surface area (Å²) in [5, 5.41) is 8.12. The van der Waals surface area contributed by atoms with Gasteiger partial charge in [-0.3, -0.25) is 0 Å². The van der Waals surface area contributed by atoms with Gasteiger partial charge in [-0.25, -0.2) is 9.48 Å². The van der Waals surface area contributed by atoms with Gasteiger partial charge in [-0.1, -0.05) is 54.1 Å². The lowest BCUT2D eigenvalue weighted by Crippen LogP contribution is -2.38. The smallest absolute Gasteiger partial charge is 0.308 e. The van der Waals surface area contributed by atoms with Gasteiger partial charge in [0.25, 0.3) is 0 Å². The van der Waals surface area contributed by atoms with Crippen LogP contribution < -0.4 is 5.32 Å². The number of nitrogens with zero attached hydrogens (tertiary/aromatic N) is 4. The van der Waals surface area contributed by atoms with E-state index in [2.05, 4.69) is 71.5 Å². The van der Waals surface area contributed by atoms with Crippen molar-refractivity contribution in [3.05, 3.63) is 130 Å². The summed E-state index contributed by atoms with van der Waals surface area (Å²) in [7, 11) is 0. The Balaban J connectivity index is 1.53. The summed E-state index contributed by atoms with van der Waals surface area (Å²) in [6.07, 6.45) is 2.07. The molecule has 0 aliphatic carbocycles. The van der Waals surface area contributed by atoms with Crippen molar-refractivity contribution in [2.45, 2.75) is 40.3 Å². The molecule has 1 atom stereocenters. The van der Waals surface area contributed by atoms with E-state index in [0.29, 0.717) is 6.54 Å². The molecule has 38 heavy (non-hydrogen) atoms. The Bertz CT molecular complexity index is 1610. The van der Waals surface area contributed by atoms with Crippen LogP contribution in [0.5, 0.6) is 0 Å². The summed E-state index contributed by atoms with van der Waals surface area (Å²) >= 11 is 0. The zero-order valence-electron chi connectivity index (χ0n) is 22.1. The fourth-order valence-corrected chi connectivity index (χ4v) is 5.49. The number of rotatable bonds is 3. The highest BCUT2D eigenvalue weighted by atomic mass is 16.2. The molecule has 6 heteroatoms. The fraction of sp³-hybridized carbons (Fsp3) is 0.188. The molecule has 6 nitrogen and oxygen atoms in total. The molecule has 190 valence electrons. The number of anilines is 1. The van der Waals surface area contributed by atoms with Crippen LogP contribution in [0.15, 0.2) is 91.1 Å². The largest absolute Gasteiger partial charge is 0.322 e. The standard InChI is InChI=1S/C32H31N5O/c1-21-12-14-25(15-13-21)30-29-11-8-16-35(29)31-28(24(4)34-37(31)27-9-6-5-7-10-27)20-36(30)32(38)33-26-18-22(2)17-23(3)19-26/h5-19,30H,20H2,1-4H3,(H,33,38)/t30-/m1/s1. The zero-order chi connectivity index (χ0) is 26.4. The van der Waals surface area contributed by atoms with Crippen LogP contribution in [0, 0.1) is 27.7 Å². The predicted molar refractivity (Wildman–Crippen MR) is 151 cm³/mol. The number of aromatic nitrogens is 3. The third kappa shape index (κ3) is 4.18. The molecule has 0 radical (unpaired) electrons. The lowest BCUT2D eigenvalue weighted by molar-refractivity contribution is 0.194. The van der Waals surface area contributed by atoms with E-state index < -0.39 is 0 Å². The quantitative estimate of drug-likeness (QED) is 0.288. The van der Waals surface area contributed by atoms with E-state index in [0.717, 1.165) is 50.8 Å². The highest BCUT2D eigenvalue weighted by Crippen LogP contribution is 2.38. The number of fused-ring (bicyclic) bond motifs is 3. The maximum absolute atomic E-state index is 14.1. The molecule has 2 aromatic heterocycles. The average Bonchev–Trinajstić information content (AvgIpc) is 3.45. The van der Waals surface area contributed by atoms with Crippen molar-refractivity contribution in [2.75, 3.05) is 5.32 Å². The molecule has 1 aliphatic rings. The SMILES string of the molecule is Cc1ccc([C@@H]2c3cccn3-c3c(c(C)nn3-c3ccccc3)CN2C(=O)Nc2cc(C)cc(C)c2)cc1. The Morgan fingerprint density at radius 3 is 2.26 bits per heavy atom. The van der Waals surface area contributed by atoms with Crippen molar-refractivity contribution in [3.8, 4) is 11.5 Å². The van der Waals surface area contributed by atoms with Crippen LogP contribution in [0.25, 0.3) is 11.5 Å². The van der Waals surface area contributed by atoms with Crippen LogP contribution >= 0.6 is 0 Å². The van der Waals surface area contributed by atoms with E-state index in [1.165, 1.54) is 5.56 Å². The van der Waals surface area contributed by atoms with Crippen molar-refractivity contribution in [2.24, 2.45) is 0 Å². The number of hydrogen-bond donors (Lipinski definition) is 1. The monoisotopic (exact) mass is 501 g/mol. The Kier molecular flexibility index (Phi) is 5.87. The normalized spacial score (nSPS) is 14.5. The number of aryl methyl sites for hydroxylation is 4. The minimum absolute atomic E-state index is 0.145. The van der Waals surface area contributed by atoms with E-state index >= 15 is 0 Å². The molecule has 0 saturated carbocycles. The molecule has 6 rings (SSSR count). The first-order valence-electron chi connectivity index (χ1n) is 12.9. The third-order valence-electron chi connectivity index (χ3n) is 7.21. The highest BCUT2D eigenvalue weighted by Gasteiger charge is 2.36. The predicted octanol–water partition coefficient (Wildman–Crippen LogP) is 7.03. The van der Waals surface area contributed by atoms with Gasteiger partial charge in [0.15, 0.2) is 0 Å².